The number of benzene rings is 1. The minimum Gasteiger partial charge on any atom is -0.336 e. The quantitative estimate of drug-likeness (QED) is 0.488. The third-order valence-electron chi connectivity index (χ3n) is 2.83. The Morgan fingerprint density at radius 2 is 2.00 bits per heavy atom. The summed E-state index contributed by atoms with van der Waals surface area (Å²) >= 11 is 0. The van der Waals surface area contributed by atoms with Gasteiger partial charge < -0.3 is 4.90 Å². The number of rotatable bonds is 4. The van der Waals surface area contributed by atoms with Crippen LogP contribution in [0.3, 0.4) is 0 Å². The molecule has 116 valence electrons. The van der Waals surface area contributed by atoms with Gasteiger partial charge in [0.05, 0.1) is 10.8 Å². The third kappa shape index (κ3) is 4.40. The molecule has 0 aromatic heterocycles. The fourth-order valence-electron chi connectivity index (χ4n) is 1.76. The number of carbonyl (C=O) groups excluding carboxylic acids is 1. The number of hydrogen-bond acceptors (Lipinski definition) is 3. The Bertz CT molecular complexity index is 560. The van der Waals surface area contributed by atoms with E-state index in [2.05, 4.69) is 0 Å². The maximum atomic E-state index is 13.5. The Labute approximate surface area is 117 Å². The fraction of sp³-hybridized carbons (Fsp3) is 0.417. The third-order valence-corrected chi connectivity index (χ3v) is 2.83. The molecule has 9 heteroatoms. The summed E-state index contributed by atoms with van der Waals surface area (Å²) in [4.78, 5) is 21.8. The standard InChI is InChI=1S/C12H12F4N2O3/c1-7(11(19)17(2)6-12(14,15)16)8-3-4-10(18(20)21)9(13)5-8/h3-5,7H,6H2,1-2H3. The van der Waals surface area contributed by atoms with Crippen molar-refractivity contribution in [1.29, 1.82) is 0 Å². The minimum atomic E-state index is -4.54. The van der Waals surface area contributed by atoms with Crippen LogP contribution in [0, 0.1) is 15.9 Å². The number of nitro benzene ring substituents is 1. The van der Waals surface area contributed by atoms with Crippen molar-refractivity contribution in [1.82, 2.24) is 4.90 Å². The molecule has 0 aliphatic carbocycles. The van der Waals surface area contributed by atoms with E-state index in [-0.39, 0.29) is 5.56 Å². The maximum Gasteiger partial charge on any atom is 0.406 e. The van der Waals surface area contributed by atoms with Gasteiger partial charge >= 0.3 is 11.9 Å². The van der Waals surface area contributed by atoms with Crippen molar-refractivity contribution in [2.24, 2.45) is 0 Å². The van der Waals surface area contributed by atoms with E-state index < -0.39 is 41.0 Å². The summed E-state index contributed by atoms with van der Waals surface area (Å²) in [7, 11) is 0.980. The lowest BCUT2D eigenvalue weighted by atomic mass is 9.99. The van der Waals surface area contributed by atoms with E-state index in [4.69, 9.17) is 0 Å². The van der Waals surface area contributed by atoms with E-state index in [9.17, 15) is 32.5 Å². The number of nitrogens with zero attached hydrogens (tertiary/aromatic N) is 2. The second-order valence-corrected chi connectivity index (χ2v) is 4.50. The number of nitro groups is 1. The molecule has 1 atom stereocenters. The van der Waals surface area contributed by atoms with Crippen LogP contribution in [-0.4, -0.2) is 35.5 Å². The first kappa shape index (κ1) is 16.9. The Balaban J connectivity index is 2.93. The summed E-state index contributed by atoms with van der Waals surface area (Å²) in [6.07, 6.45) is -4.54. The highest BCUT2D eigenvalue weighted by molar-refractivity contribution is 5.83. The summed E-state index contributed by atoms with van der Waals surface area (Å²) in [5.74, 6) is -3.05. The first-order chi connectivity index (χ1) is 9.53. The molecule has 0 radical (unpaired) electrons. The highest BCUT2D eigenvalue weighted by Gasteiger charge is 2.33. The number of alkyl halides is 3. The predicted octanol–water partition coefficient (Wildman–Crippen LogP) is 2.86. The molecule has 1 aromatic rings. The molecule has 21 heavy (non-hydrogen) atoms. The van der Waals surface area contributed by atoms with Crippen molar-refractivity contribution in [3.8, 4) is 0 Å². The van der Waals surface area contributed by atoms with Gasteiger partial charge in [0.15, 0.2) is 0 Å². The zero-order valence-electron chi connectivity index (χ0n) is 11.1. The van der Waals surface area contributed by atoms with E-state index in [0.29, 0.717) is 4.90 Å². The van der Waals surface area contributed by atoms with Gasteiger partial charge in [-0.2, -0.15) is 17.6 Å². The van der Waals surface area contributed by atoms with E-state index in [0.717, 1.165) is 25.2 Å². The Kier molecular flexibility index (Phi) is 4.87. The number of carbonyl (C=O) groups is 1. The lowest BCUT2D eigenvalue weighted by Crippen LogP contribution is -2.38. The number of halogens is 4. The van der Waals surface area contributed by atoms with Gasteiger partial charge in [-0.05, 0) is 18.6 Å². The fourth-order valence-corrected chi connectivity index (χ4v) is 1.76. The summed E-state index contributed by atoms with van der Waals surface area (Å²) in [5, 5.41) is 10.5. The molecule has 0 heterocycles. The maximum absolute atomic E-state index is 13.5. The highest BCUT2D eigenvalue weighted by atomic mass is 19.4. The molecule has 1 amide bonds. The summed E-state index contributed by atoms with van der Waals surface area (Å²) in [6, 6.07) is 2.80. The van der Waals surface area contributed by atoms with Crippen LogP contribution in [-0.2, 0) is 4.79 Å². The van der Waals surface area contributed by atoms with Crippen LogP contribution in [0.5, 0.6) is 0 Å². The monoisotopic (exact) mass is 308 g/mol. The van der Waals surface area contributed by atoms with Crippen molar-refractivity contribution >= 4 is 11.6 Å². The first-order valence-corrected chi connectivity index (χ1v) is 5.78. The molecular formula is C12H12F4N2O3. The van der Waals surface area contributed by atoms with Crippen LogP contribution >= 0.6 is 0 Å². The van der Waals surface area contributed by atoms with Crippen molar-refractivity contribution < 1.29 is 27.3 Å². The Hall–Kier alpha value is -2.19. The summed E-state index contributed by atoms with van der Waals surface area (Å²) < 4.78 is 50.1. The average molecular weight is 308 g/mol. The topological polar surface area (TPSA) is 63.5 Å². The number of hydrogen-bond donors (Lipinski definition) is 0. The van der Waals surface area contributed by atoms with Crippen LogP contribution in [0.15, 0.2) is 18.2 Å². The van der Waals surface area contributed by atoms with Crippen LogP contribution in [0.2, 0.25) is 0 Å². The van der Waals surface area contributed by atoms with Crippen molar-refractivity contribution in [2.75, 3.05) is 13.6 Å². The molecule has 0 fully saturated rings. The van der Waals surface area contributed by atoms with Gasteiger partial charge in [0.2, 0.25) is 11.7 Å². The predicted molar refractivity (Wildman–Crippen MR) is 65.2 cm³/mol. The molecule has 0 N–H and O–H groups in total. The average Bonchev–Trinajstić information content (AvgIpc) is 2.34. The molecule has 0 spiro atoms. The Morgan fingerprint density at radius 3 is 2.43 bits per heavy atom. The number of amides is 1. The molecule has 0 saturated carbocycles. The SMILES string of the molecule is CC(C(=O)N(C)CC(F)(F)F)c1ccc([N+](=O)[O-])c(F)c1. The molecule has 5 nitrogen and oxygen atoms in total. The van der Waals surface area contributed by atoms with Crippen LogP contribution in [0.25, 0.3) is 0 Å². The molecule has 0 aliphatic heterocycles. The molecule has 0 bridgehead atoms. The van der Waals surface area contributed by atoms with E-state index in [1.165, 1.54) is 6.92 Å². The van der Waals surface area contributed by atoms with E-state index in [1.807, 2.05) is 0 Å². The van der Waals surface area contributed by atoms with Crippen LogP contribution < -0.4 is 0 Å². The van der Waals surface area contributed by atoms with Gasteiger partial charge in [-0.25, -0.2) is 0 Å². The van der Waals surface area contributed by atoms with Gasteiger partial charge in [0.25, 0.3) is 0 Å². The highest BCUT2D eigenvalue weighted by Crippen LogP contribution is 2.25. The second kappa shape index (κ2) is 6.06. The van der Waals surface area contributed by atoms with Crippen molar-refractivity contribution in [3.63, 3.8) is 0 Å². The van der Waals surface area contributed by atoms with Gasteiger partial charge in [0, 0.05) is 13.1 Å². The zero-order chi connectivity index (χ0) is 16.4. The Morgan fingerprint density at radius 1 is 1.43 bits per heavy atom. The number of likely N-dealkylation sites (N-methyl/N-ethyl adjacent to an activating group) is 1. The normalized spacial score (nSPS) is 12.9. The molecule has 1 rings (SSSR count). The van der Waals surface area contributed by atoms with Gasteiger partial charge in [-0.1, -0.05) is 6.07 Å². The molecular weight excluding hydrogens is 296 g/mol. The largest absolute Gasteiger partial charge is 0.406 e. The molecule has 0 aliphatic rings. The van der Waals surface area contributed by atoms with Gasteiger partial charge in [0.1, 0.15) is 6.54 Å². The van der Waals surface area contributed by atoms with Crippen molar-refractivity contribution in [2.45, 2.75) is 19.0 Å². The summed E-state index contributed by atoms with van der Waals surface area (Å²) in [5.41, 5.74) is -0.695. The van der Waals surface area contributed by atoms with Gasteiger partial charge in [-0.15, -0.1) is 0 Å². The molecule has 1 aromatic carbocycles. The lowest BCUT2D eigenvalue weighted by molar-refractivity contribution is -0.387. The zero-order valence-corrected chi connectivity index (χ0v) is 11.1. The minimum absolute atomic E-state index is 0.0668. The van der Waals surface area contributed by atoms with Gasteiger partial charge in [-0.3, -0.25) is 14.9 Å². The van der Waals surface area contributed by atoms with E-state index >= 15 is 0 Å². The first-order valence-electron chi connectivity index (χ1n) is 5.78. The van der Waals surface area contributed by atoms with Crippen molar-refractivity contribution in [3.05, 3.63) is 39.7 Å². The van der Waals surface area contributed by atoms with Crippen LogP contribution in [0.4, 0.5) is 23.2 Å². The smallest absolute Gasteiger partial charge is 0.336 e. The lowest BCUT2D eigenvalue weighted by Gasteiger charge is -2.22. The molecule has 1 unspecified atom stereocenters. The van der Waals surface area contributed by atoms with E-state index in [1.54, 1.807) is 0 Å². The van der Waals surface area contributed by atoms with Crippen LogP contribution in [0.1, 0.15) is 18.4 Å². The summed E-state index contributed by atoms with van der Waals surface area (Å²) in [6.45, 7) is -0.124. The second-order valence-electron chi connectivity index (χ2n) is 4.50. The molecule has 0 saturated heterocycles.